The highest BCUT2D eigenvalue weighted by molar-refractivity contribution is 5.87. The highest BCUT2D eigenvalue weighted by Gasteiger charge is 2.16. The van der Waals surface area contributed by atoms with Crippen LogP contribution in [0.15, 0.2) is 10.7 Å². The van der Waals surface area contributed by atoms with Gasteiger partial charge in [0, 0.05) is 12.6 Å². The number of carbonyl (C=O) groups is 1. The van der Waals surface area contributed by atoms with Crippen LogP contribution in [0.25, 0.3) is 0 Å². The van der Waals surface area contributed by atoms with Crippen molar-refractivity contribution < 1.29 is 19.1 Å². The molecule has 0 aromatic carbocycles. The van der Waals surface area contributed by atoms with E-state index in [2.05, 4.69) is 10.3 Å². The number of aliphatic hydroxyl groups is 1. The molecule has 2 unspecified atom stereocenters. The highest BCUT2D eigenvalue weighted by Crippen LogP contribution is 2.13. The van der Waals surface area contributed by atoms with Crippen molar-refractivity contribution in [1.29, 1.82) is 0 Å². The average Bonchev–Trinajstić information content (AvgIpc) is 2.76. The first kappa shape index (κ1) is 13.5. The minimum atomic E-state index is -0.507. The molecule has 0 aliphatic heterocycles. The molecule has 0 aliphatic carbocycles. The quantitative estimate of drug-likeness (QED) is 0.731. The number of oxazole rings is 1. The van der Waals surface area contributed by atoms with Crippen LogP contribution in [0.5, 0.6) is 0 Å². The number of aliphatic hydroxyl groups excluding tert-OH is 1. The van der Waals surface area contributed by atoms with Crippen molar-refractivity contribution in [3.63, 3.8) is 0 Å². The van der Waals surface area contributed by atoms with E-state index >= 15 is 0 Å². The van der Waals surface area contributed by atoms with Crippen LogP contribution in [0.1, 0.15) is 31.3 Å². The van der Waals surface area contributed by atoms with E-state index in [1.807, 2.05) is 13.8 Å². The monoisotopic (exact) mass is 242 g/mol. The summed E-state index contributed by atoms with van der Waals surface area (Å²) in [6.07, 6.45) is 1.25. The zero-order valence-corrected chi connectivity index (χ0v) is 10.3. The Bertz CT molecular complexity index is 364. The Morgan fingerprint density at radius 2 is 2.35 bits per heavy atom. The molecule has 0 spiro atoms. The third kappa shape index (κ3) is 3.74. The van der Waals surface area contributed by atoms with Gasteiger partial charge < -0.3 is 19.6 Å². The molecule has 0 saturated carbocycles. The predicted molar refractivity (Wildman–Crippen MR) is 61.8 cm³/mol. The molecule has 1 aromatic rings. The fourth-order valence-electron chi connectivity index (χ4n) is 1.13. The molecular weight excluding hydrogens is 224 g/mol. The molecule has 0 radical (unpaired) electrons. The number of esters is 1. The van der Waals surface area contributed by atoms with Gasteiger partial charge in [-0.2, -0.15) is 4.98 Å². The first-order valence-electron chi connectivity index (χ1n) is 5.58. The fraction of sp³-hybridized carbons (Fsp3) is 0.636. The Hall–Kier alpha value is -1.56. The second kappa shape index (κ2) is 6.24. The summed E-state index contributed by atoms with van der Waals surface area (Å²) in [5.41, 5.74) is 0.137. The Kier molecular flexibility index (Phi) is 4.96. The van der Waals surface area contributed by atoms with E-state index in [4.69, 9.17) is 14.3 Å². The van der Waals surface area contributed by atoms with Crippen LogP contribution in [0.2, 0.25) is 0 Å². The largest absolute Gasteiger partial charge is 0.461 e. The maximum absolute atomic E-state index is 11.3. The molecule has 1 rings (SSSR count). The number of aromatic nitrogens is 1. The van der Waals surface area contributed by atoms with Crippen molar-refractivity contribution in [2.45, 2.75) is 26.8 Å². The van der Waals surface area contributed by atoms with Crippen molar-refractivity contribution in [3.05, 3.63) is 12.0 Å². The number of rotatable bonds is 6. The topological polar surface area (TPSA) is 84.6 Å². The van der Waals surface area contributed by atoms with Crippen LogP contribution in [0.4, 0.5) is 6.01 Å². The molecule has 6 heteroatoms. The molecule has 2 atom stereocenters. The summed E-state index contributed by atoms with van der Waals surface area (Å²) >= 11 is 0. The zero-order chi connectivity index (χ0) is 12.8. The SMILES string of the molecule is CCOC(=O)c1coc(NC(C)C(C)CO)n1. The minimum Gasteiger partial charge on any atom is -0.461 e. The lowest BCUT2D eigenvalue weighted by Crippen LogP contribution is -2.26. The van der Waals surface area contributed by atoms with Crippen LogP contribution in [0.3, 0.4) is 0 Å². The van der Waals surface area contributed by atoms with Crippen LogP contribution >= 0.6 is 0 Å². The molecular formula is C11H18N2O4. The summed E-state index contributed by atoms with van der Waals surface area (Å²) in [6, 6.07) is 0.245. The van der Waals surface area contributed by atoms with Gasteiger partial charge in [0.25, 0.3) is 6.01 Å². The lowest BCUT2D eigenvalue weighted by molar-refractivity contribution is 0.0519. The van der Waals surface area contributed by atoms with Crippen molar-refractivity contribution in [3.8, 4) is 0 Å². The zero-order valence-electron chi connectivity index (χ0n) is 10.3. The molecule has 1 heterocycles. The molecule has 0 saturated heterocycles. The Balaban J connectivity index is 2.59. The van der Waals surface area contributed by atoms with Gasteiger partial charge in [0.05, 0.1) is 6.61 Å². The normalized spacial score (nSPS) is 14.1. The maximum Gasteiger partial charge on any atom is 0.360 e. The van der Waals surface area contributed by atoms with Gasteiger partial charge in [0.15, 0.2) is 5.69 Å². The second-order valence-electron chi connectivity index (χ2n) is 3.85. The maximum atomic E-state index is 11.3. The van der Waals surface area contributed by atoms with Crippen molar-refractivity contribution in [1.82, 2.24) is 4.98 Å². The molecule has 1 aromatic heterocycles. The number of carbonyl (C=O) groups excluding carboxylic acids is 1. The second-order valence-corrected chi connectivity index (χ2v) is 3.85. The molecule has 0 fully saturated rings. The van der Waals surface area contributed by atoms with Gasteiger partial charge in [-0.05, 0) is 19.8 Å². The number of hydrogen-bond donors (Lipinski definition) is 2. The van der Waals surface area contributed by atoms with Gasteiger partial charge in [0.1, 0.15) is 6.26 Å². The van der Waals surface area contributed by atoms with E-state index in [9.17, 15) is 4.79 Å². The van der Waals surface area contributed by atoms with Crippen LogP contribution in [-0.4, -0.2) is 35.3 Å². The van der Waals surface area contributed by atoms with Gasteiger partial charge in [-0.3, -0.25) is 0 Å². The van der Waals surface area contributed by atoms with Gasteiger partial charge in [-0.1, -0.05) is 6.92 Å². The molecule has 96 valence electrons. The Labute approximate surface area is 100.0 Å². The summed E-state index contributed by atoms with van der Waals surface area (Å²) in [5.74, 6) is -0.444. The van der Waals surface area contributed by atoms with E-state index in [-0.39, 0.29) is 30.3 Å². The predicted octanol–water partition coefficient (Wildman–Crippen LogP) is 1.28. The number of ether oxygens (including phenoxy) is 1. The van der Waals surface area contributed by atoms with Crippen LogP contribution in [-0.2, 0) is 4.74 Å². The van der Waals surface area contributed by atoms with Crippen LogP contribution < -0.4 is 5.32 Å². The van der Waals surface area contributed by atoms with Crippen molar-refractivity contribution >= 4 is 12.0 Å². The summed E-state index contributed by atoms with van der Waals surface area (Å²) in [7, 11) is 0. The van der Waals surface area contributed by atoms with E-state index in [0.29, 0.717) is 6.61 Å². The van der Waals surface area contributed by atoms with E-state index in [0.717, 1.165) is 0 Å². The van der Waals surface area contributed by atoms with Gasteiger partial charge in [-0.15, -0.1) is 0 Å². The van der Waals surface area contributed by atoms with Gasteiger partial charge in [-0.25, -0.2) is 4.79 Å². The molecule has 0 amide bonds. The van der Waals surface area contributed by atoms with Crippen molar-refractivity contribution in [2.24, 2.45) is 5.92 Å². The first-order valence-corrected chi connectivity index (χ1v) is 5.58. The summed E-state index contributed by atoms with van der Waals surface area (Å²) in [6.45, 7) is 5.89. The summed E-state index contributed by atoms with van der Waals surface area (Å²) < 4.78 is 9.88. The molecule has 17 heavy (non-hydrogen) atoms. The van der Waals surface area contributed by atoms with E-state index in [1.165, 1.54) is 6.26 Å². The highest BCUT2D eigenvalue weighted by atomic mass is 16.5. The fourth-order valence-corrected chi connectivity index (χ4v) is 1.13. The number of nitrogens with one attached hydrogen (secondary N) is 1. The smallest absolute Gasteiger partial charge is 0.360 e. The summed E-state index contributed by atoms with van der Waals surface area (Å²) in [5, 5.41) is 11.9. The molecule has 6 nitrogen and oxygen atoms in total. The van der Waals surface area contributed by atoms with Crippen molar-refractivity contribution in [2.75, 3.05) is 18.5 Å². The Morgan fingerprint density at radius 3 is 2.94 bits per heavy atom. The lowest BCUT2D eigenvalue weighted by Gasteiger charge is -2.17. The third-order valence-electron chi connectivity index (χ3n) is 2.48. The number of hydrogen-bond acceptors (Lipinski definition) is 6. The van der Waals surface area contributed by atoms with Gasteiger partial charge in [0.2, 0.25) is 0 Å². The lowest BCUT2D eigenvalue weighted by atomic mass is 10.1. The average molecular weight is 242 g/mol. The molecule has 0 aliphatic rings. The summed E-state index contributed by atoms with van der Waals surface area (Å²) in [4.78, 5) is 15.3. The Morgan fingerprint density at radius 1 is 1.65 bits per heavy atom. The van der Waals surface area contributed by atoms with Crippen LogP contribution in [0, 0.1) is 5.92 Å². The molecule has 2 N–H and O–H groups in total. The van der Waals surface area contributed by atoms with E-state index in [1.54, 1.807) is 6.92 Å². The first-order chi connectivity index (χ1) is 8.08. The van der Waals surface area contributed by atoms with Gasteiger partial charge >= 0.3 is 5.97 Å². The number of anilines is 1. The standard InChI is InChI=1S/C11H18N2O4/c1-4-16-10(15)9-6-17-11(13-9)12-8(3)7(2)5-14/h6-8,14H,4-5H2,1-3H3,(H,12,13). The third-order valence-corrected chi connectivity index (χ3v) is 2.48. The number of nitrogens with zero attached hydrogens (tertiary/aromatic N) is 1. The molecule has 0 bridgehead atoms. The van der Waals surface area contributed by atoms with E-state index < -0.39 is 5.97 Å². The minimum absolute atomic E-state index is 0.00584.